The SMILES string of the molecule is CCC1CN(c2ccnc(F)c2)CC1O. The number of anilines is 1. The van der Waals surface area contributed by atoms with E-state index in [9.17, 15) is 9.50 Å². The van der Waals surface area contributed by atoms with Gasteiger partial charge in [-0.25, -0.2) is 4.98 Å². The lowest BCUT2D eigenvalue weighted by molar-refractivity contribution is 0.146. The third-order valence-corrected chi connectivity index (χ3v) is 3.01. The standard InChI is InChI=1S/C11H15FN2O/c1-2-8-6-14(7-10(8)15)9-3-4-13-11(12)5-9/h3-5,8,10,15H,2,6-7H2,1H3. The van der Waals surface area contributed by atoms with Crippen LogP contribution in [0.25, 0.3) is 0 Å². The molecule has 1 N–H and O–H groups in total. The Bertz CT molecular complexity index is 345. The van der Waals surface area contributed by atoms with Crippen LogP contribution in [0.1, 0.15) is 13.3 Å². The van der Waals surface area contributed by atoms with Gasteiger partial charge in [-0.1, -0.05) is 6.92 Å². The van der Waals surface area contributed by atoms with Crippen molar-refractivity contribution in [1.29, 1.82) is 0 Å². The third-order valence-electron chi connectivity index (χ3n) is 3.01. The van der Waals surface area contributed by atoms with Crippen molar-refractivity contribution in [1.82, 2.24) is 4.98 Å². The van der Waals surface area contributed by atoms with Gasteiger partial charge in [-0.2, -0.15) is 4.39 Å². The summed E-state index contributed by atoms with van der Waals surface area (Å²) >= 11 is 0. The Hall–Kier alpha value is -1.16. The van der Waals surface area contributed by atoms with Crippen LogP contribution in [0.4, 0.5) is 10.1 Å². The summed E-state index contributed by atoms with van der Waals surface area (Å²) in [4.78, 5) is 5.52. The zero-order valence-electron chi connectivity index (χ0n) is 8.73. The number of hydrogen-bond acceptors (Lipinski definition) is 3. The molecule has 1 aromatic heterocycles. The van der Waals surface area contributed by atoms with Gasteiger partial charge in [0.1, 0.15) is 0 Å². The highest BCUT2D eigenvalue weighted by molar-refractivity contribution is 5.46. The zero-order valence-corrected chi connectivity index (χ0v) is 8.73. The molecule has 0 amide bonds. The quantitative estimate of drug-likeness (QED) is 0.750. The van der Waals surface area contributed by atoms with Crippen LogP contribution in [-0.4, -0.2) is 29.3 Å². The average molecular weight is 210 g/mol. The molecule has 0 bridgehead atoms. The van der Waals surface area contributed by atoms with Crippen molar-refractivity contribution < 1.29 is 9.50 Å². The first kappa shape index (κ1) is 10.4. The number of aromatic nitrogens is 1. The van der Waals surface area contributed by atoms with E-state index in [1.165, 1.54) is 12.3 Å². The van der Waals surface area contributed by atoms with Crippen LogP contribution in [0.5, 0.6) is 0 Å². The minimum Gasteiger partial charge on any atom is -0.391 e. The monoisotopic (exact) mass is 210 g/mol. The second kappa shape index (κ2) is 4.14. The molecule has 15 heavy (non-hydrogen) atoms. The lowest BCUT2D eigenvalue weighted by atomic mass is 10.0. The first-order valence-corrected chi connectivity index (χ1v) is 5.25. The Morgan fingerprint density at radius 3 is 3.00 bits per heavy atom. The second-order valence-corrected chi connectivity index (χ2v) is 3.98. The van der Waals surface area contributed by atoms with Gasteiger partial charge in [0.15, 0.2) is 0 Å². The number of nitrogens with zero attached hydrogens (tertiary/aromatic N) is 2. The number of aliphatic hydroxyl groups excluding tert-OH is 1. The molecule has 1 aliphatic rings. The molecule has 2 rings (SSSR count). The highest BCUT2D eigenvalue weighted by atomic mass is 19.1. The third kappa shape index (κ3) is 2.09. The summed E-state index contributed by atoms with van der Waals surface area (Å²) in [5, 5.41) is 9.74. The van der Waals surface area contributed by atoms with Crippen molar-refractivity contribution in [2.75, 3.05) is 18.0 Å². The van der Waals surface area contributed by atoms with Crippen LogP contribution in [-0.2, 0) is 0 Å². The summed E-state index contributed by atoms with van der Waals surface area (Å²) in [7, 11) is 0. The summed E-state index contributed by atoms with van der Waals surface area (Å²) in [6.07, 6.45) is 2.10. The van der Waals surface area contributed by atoms with E-state index in [1.807, 2.05) is 4.90 Å². The number of rotatable bonds is 2. The van der Waals surface area contributed by atoms with E-state index in [2.05, 4.69) is 11.9 Å². The van der Waals surface area contributed by atoms with Gasteiger partial charge in [0.05, 0.1) is 6.10 Å². The smallest absolute Gasteiger partial charge is 0.214 e. The van der Waals surface area contributed by atoms with E-state index in [1.54, 1.807) is 6.07 Å². The van der Waals surface area contributed by atoms with Crippen molar-refractivity contribution >= 4 is 5.69 Å². The molecule has 4 heteroatoms. The van der Waals surface area contributed by atoms with E-state index in [4.69, 9.17) is 0 Å². The maximum Gasteiger partial charge on any atom is 0.214 e. The number of pyridine rings is 1. The first-order valence-electron chi connectivity index (χ1n) is 5.25. The fourth-order valence-corrected chi connectivity index (χ4v) is 2.06. The van der Waals surface area contributed by atoms with Gasteiger partial charge in [0, 0.05) is 37.0 Å². The van der Waals surface area contributed by atoms with E-state index in [0.717, 1.165) is 18.7 Å². The molecule has 0 spiro atoms. The van der Waals surface area contributed by atoms with Crippen molar-refractivity contribution in [2.45, 2.75) is 19.4 Å². The van der Waals surface area contributed by atoms with Crippen molar-refractivity contribution in [3.05, 3.63) is 24.3 Å². The molecule has 1 aliphatic heterocycles. The molecular formula is C11H15FN2O. The normalized spacial score (nSPS) is 25.9. The van der Waals surface area contributed by atoms with Crippen LogP contribution in [0, 0.1) is 11.9 Å². The summed E-state index contributed by atoms with van der Waals surface area (Å²) in [5.41, 5.74) is 0.803. The Kier molecular flexibility index (Phi) is 2.86. The fourth-order valence-electron chi connectivity index (χ4n) is 2.06. The second-order valence-electron chi connectivity index (χ2n) is 3.98. The predicted octanol–water partition coefficient (Wildman–Crippen LogP) is 1.43. The summed E-state index contributed by atoms with van der Waals surface area (Å²) in [6, 6.07) is 3.18. The van der Waals surface area contributed by atoms with Crippen LogP contribution in [0.2, 0.25) is 0 Å². The highest BCUT2D eigenvalue weighted by Crippen LogP contribution is 2.25. The molecule has 0 radical (unpaired) electrons. The van der Waals surface area contributed by atoms with E-state index in [0.29, 0.717) is 12.5 Å². The molecule has 0 aromatic carbocycles. The van der Waals surface area contributed by atoms with Crippen LogP contribution in [0.15, 0.2) is 18.3 Å². The number of aliphatic hydroxyl groups is 1. The van der Waals surface area contributed by atoms with Crippen molar-refractivity contribution in [2.24, 2.45) is 5.92 Å². The number of β-amino-alcohol motifs (C(OH)–C–C–N with tert-alkyl or cyclic N) is 1. The lowest BCUT2D eigenvalue weighted by Crippen LogP contribution is -2.21. The topological polar surface area (TPSA) is 36.4 Å². The van der Waals surface area contributed by atoms with E-state index < -0.39 is 5.95 Å². The predicted molar refractivity (Wildman–Crippen MR) is 56.2 cm³/mol. The average Bonchev–Trinajstić information content (AvgIpc) is 2.60. The molecule has 82 valence electrons. The van der Waals surface area contributed by atoms with Gasteiger partial charge in [-0.3, -0.25) is 0 Å². The van der Waals surface area contributed by atoms with Crippen molar-refractivity contribution in [3.63, 3.8) is 0 Å². The maximum atomic E-state index is 12.9. The zero-order chi connectivity index (χ0) is 10.8. The largest absolute Gasteiger partial charge is 0.391 e. The van der Waals surface area contributed by atoms with E-state index >= 15 is 0 Å². The fraction of sp³-hybridized carbons (Fsp3) is 0.545. The summed E-state index contributed by atoms with van der Waals surface area (Å²) in [6.45, 7) is 3.44. The molecule has 3 nitrogen and oxygen atoms in total. The van der Waals surface area contributed by atoms with Gasteiger partial charge in [0.25, 0.3) is 0 Å². The minimum absolute atomic E-state index is 0.293. The molecule has 1 saturated heterocycles. The molecule has 0 saturated carbocycles. The number of halogens is 1. The summed E-state index contributed by atoms with van der Waals surface area (Å²) < 4.78 is 12.9. The molecule has 0 aliphatic carbocycles. The molecule has 1 fully saturated rings. The molecule has 2 unspecified atom stereocenters. The van der Waals surface area contributed by atoms with Gasteiger partial charge in [-0.15, -0.1) is 0 Å². The van der Waals surface area contributed by atoms with Gasteiger partial charge < -0.3 is 10.0 Å². The van der Waals surface area contributed by atoms with Crippen LogP contribution in [0.3, 0.4) is 0 Å². The summed E-state index contributed by atoms with van der Waals surface area (Å²) in [5.74, 6) is -0.178. The first-order chi connectivity index (χ1) is 7.20. The lowest BCUT2D eigenvalue weighted by Gasteiger charge is -2.17. The van der Waals surface area contributed by atoms with Gasteiger partial charge in [0.2, 0.25) is 5.95 Å². The Labute approximate surface area is 88.6 Å². The maximum absolute atomic E-state index is 12.9. The molecular weight excluding hydrogens is 195 g/mol. The number of hydrogen-bond donors (Lipinski definition) is 1. The minimum atomic E-state index is -0.470. The highest BCUT2D eigenvalue weighted by Gasteiger charge is 2.29. The Morgan fingerprint density at radius 1 is 1.60 bits per heavy atom. The molecule has 1 aromatic rings. The van der Waals surface area contributed by atoms with Gasteiger partial charge in [-0.05, 0) is 12.5 Å². The Morgan fingerprint density at radius 2 is 2.40 bits per heavy atom. The molecule has 2 heterocycles. The molecule has 2 atom stereocenters. The van der Waals surface area contributed by atoms with Crippen LogP contribution >= 0.6 is 0 Å². The van der Waals surface area contributed by atoms with Gasteiger partial charge >= 0.3 is 0 Å². The van der Waals surface area contributed by atoms with Crippen molar-refractivity contribution in [3.8, 4) is 0 Å². The van der Waals surface area contributed by atoms with E-state index in [-0.39, 0.29) is 6.10 Å². The Balaban J connectivity index is 2.13. The van der Waals surface area contributed by atoms with Crippen LogP contribution < -0.4 is 4.90 Å².